The van der Waals surface area contributed by atoms with Gasteiger partial charge in [-0.2, -0.15) is 0 Å². The van der Waals surface area contributed by atoms with Crippen LogP contribution in [0.15, 0.2) is 12.3 Å². The zero-order chi connectivity index (χ0) is 15.2. The molecule has 7 heteroatoms. The molecular formula is C14H19Cl2N3O2. The van der Waals surface area contributed by atoms with E-state index in [-0.39, 0.29) is 11.1 Å². The molecule has 2 rings (SSSR count). The fraction of sp³-hybridized carbons (Fsp3) is 0.571. The molecule has 0 aliphatic carbocycles. The number of pyridine rings is 1. The van der Waals surface area contributed by atoms with E-state index in [4.69, 9.17) is 27.9 Å². The van der Waals surface area contributed by atoms with E-state index in [0.717, 1.165) is 32.6 Å². The first-order valence-electron chi connectivity index (χ1n) is 6.93. The second kappa shape index (κ2) is 7.94. The van der Waals surface area contributed by atoms with Gasteiger partial charge in [-0.15, -0.1) is 0 Å². The van der Waals surface area contributed by atoms with Crippen molar-refractivity contribution in [2.45, 2.75) is 6.42 Å². The molecular weight excluding hydrogens is 313 g/mol. The normalized spacial score (nSPS) is 16.8. The number of aromatic nitrogens is 1. The van der Waals surface area contributed by atoms with Crippen molar-refractivity contribution in [3.05, 3.63) is 28.0 Å². The fourth-order valence-corrected chi connectivity index (χ4v) is 2.71. The molecule has 0 aromatic carbocycles. The molecule has 1 amide bonds. The van der Waals surface area contributed by atoms with Crippen LogP contribution in [-0.4, -0.2) is 67.1 Å². The largest absolute Gasteiger partial charge is 0.383 e. The van der Waals surface area contributed by atoms with Crippen LogP contribution >= 0.6 is 23.2 Å². The Morgan fingerprint density at radius 1 is 1.33 bits per heavy atom. The zero-order valence-electron chi connectivity index (χ0n) is 12.0. The van der Waals surface area contributed by atoms with Gasteiger partial charge in [0.25, 0.3) is 5.91 Å². The van der Waals surface area contributed by atoms with Gasteiger partial charge in [0.15, 0.2) is 0 Å². The van der Waals surface area contributed by atoms with Crippen molar-refractivity contribution in [1.29, 1.82) is 0 Å². The molecule has 0 spiro atoms. The zero-order valence-corrected chi connectivity index (χ0v) is 13.5. The van der Waals surface area contributed by atoms with E-state index >= 15 is 0 Å². The SMILES string of the molecule is COCCN1CCCN(C(=O)c2cc(Cl)ncc2Cl)CC1. The van der Waals surface area contributed by atoms with Crippen molar-refractivity contribution in [1.82, 2.24) is 14.8 Å². The van der Waals surface area contributed by atoms with Crippen molar-refractivity contribution >= 4 is 29.1 Å². The van der Waals surface area contributed by atoms with E-state index in [1.807, 2.05) is 4.90 Å². The molecule has 0 saturated carbocycles. The molecule has 1 saturated heterocycles. The highest BCUT2D eigenvalue weighted by molar-refractivity contribution is 6.35. The Balaban J connectivity index is 2.01. The number of ether oxygens (including phenoxy) is 1. The van der Waals surface area contributed by atoms with Crippen LogP contribution in [0.4, 0.5) is 0 Å². The summed E-state index contributed by atoms with van der Waals surface area (Å²) in [4.78, 5) is 20.6. The Morgan fingerprint density at radius 3 is 2.90 bits per heavy atom. The van der Waals surface area contributed by atoms with E-state index in [1.165, 1.54) is 12.3 Å². The van der Waals surface area contributed by atoms with E-state index in [2.05, 4.69) is 9.88 Å². The number of halogens is 2. The molecule has 0 N–H and O–H groups in total. The summed E-state index contributed by atoms with van der Waals surface area (Å²) >= 11 is 11.9. The van der Waals surface area contributed by atoms with E-state index in [1.54, 1.807) is 7.11 Å². The second-order valence-electron chi connectivity index (χ2n) is 4.97. The maximum atomic E-state index is 12.6. The summed E-state index contributed by atoms with van der Waals surface area (Å²) in [5.41, 5.74) is 0.419. The van der Waals surface area contributed by atoms with E-state index in [0.29, 0.717) is 23.7 Å². The number of hydrogen-bond acceptors (Lipinski definition) is 4. The fourth-order valence-electron chi connectivity index (χ4n) is 2.37. The molecule has 116 valence electrons. The van der Waals surface area contributed by atoms with Crippen molar-refractivity contribution in [2.24, 2.45) is 0 Å². The van der Waals surface area contributed by atoms with Crippen molar-refractivity contribution in [3.63, 3.8) is 0 Å². The minimum atomic E-state index is -0.0853. The van der Waals surface area contributed by atoms with Gasteiger partial charge in [-0.3, -0.25) is 9.69 Å². The summed E-state index contributed by atoms with van der Waals surface area (Å²) in [6, 6.07) is 1.53. The highest BCUT2D eigenvalue weighted by atomic mass is 35.5. The standard InChI is InChI=1S/C14H19Cl2N3O2/c1-21-8-7-18-3-2-4-19(6-5-18)14(20)11-9-13(16)17-10-12(11)15/h9-10H,2-8H2,1H3. The maximum absolute atomic E-state index is 12.6. The molecule has 0 bridgehead atoms. The van der Waals surface area contributed by atoms with Crippen molar-refractivity contribution in [2.75, 3.05) is 46.4 Å². The van der Waals surface area contributed by atoms with Crippen molar-refractivity contribution in [3.8, 4) is 0 Å². The Kier molecular flexibility index (Phi) is 6.23. The number of nitrogens with zero attached hydrogens (tertiary/aromatic N) is 3. The van der Waals surface area contributed by atoms with Crippen LogP contribution in [0.3, 0.4) is 0 Å². The topological polar surface area (TPSA) is 45.7 Å². The molecule has 0 unspecified atom stereocenters. The van der Waals surface area contributed by atoms with Gasteiger partial charge < -0.3 is 9.64 Å². The van der Waals surface area contributed by atoms with Crippen LogP contribution in [0.1, 0.15) is 16.8 Å². The highest BCUT2D eigenvalue weighted by Crippen LogP contribution is 2.20. The Hall–Kier alpha value is -0.880. The van der Waals surface area contributed by atoms with Crippen LogP contribution in [0.2, 0.25) is 10.2 Å². The first-order chi connectivity index (χ1) is 10.1. The van der Waals surface area contributed by atoms with Gasteiger partial charge in [0.05, 0.1) is 17.2 Å². The Labute approximate surface area is 134 Å². The summed E-state index contributed by atoms with van der Waals surface area (Å²) in [6.45, 7) is 4.81. The van der Waals surface area contributed by atoms with Gasteiger partial charge in [0.1, 0.15) is 5.15 Å². The summed E-state index contributed by atoms with van der Waals surface area (Å²) in [6.07, 6.45) is 2.35. The lowest BCUT2D eigenvalue weighted by atomic mass is 10.2. The maximum Gasteiger partial charge on any atom is 0.255 e. The molecule has 5 nitrogen and oxygen atoms in total. The lowest BCUT2D eigenvalue weighted by molar-refractivity contribution is 0.0759. The van der Waals surface area contributed by atoms with E-state index in [9.17, 15) is 4.79 Å². The minimum absolute atomic E-state index is 0.0853. The average Bonchev–Trinajstić information content (AvgIpc) is 2.72. The van der Waals surface area contributed by atoms with Gasteiger partial charge in [0, 0.05) is 39.5 Å². The Bertz CT molecular complexity index is 499. The molecule has 1 aromatic rings. The van der Waals surface area contributed by atoms with Crippen LogP contribution in [-0.2, 0) is 4.74 Å². The third kappa shape index (κ3) is 4.54. The average molecular weight is 332 g/mol. The molecule has 1 aliphatic rings. The lowest BCUT2D eigenvalue weighted by Gasteiger charge is -2.22. The molecule has 21 heavy (non-hydrogen) atoms. The summed E-state index contributed by atoms with van der Waals surface area (Å²) in [7, 11) is 1.70. The smallest absolute Gasteiger partial charge is 0.255 e. The number of rotatable bonds is 4. The van der Waals surface area contributed by atoms with Gasteiger partial charge in [-0.25, -0.2) is 4.98 Å². The number of carbonyl (C=O) groups is 1. The van der Waals surface area contributed by atoms with Crippen molar-refractivity contribution < 1.29 is 9.53 Å². The number of amides is 1. The summed E-state index contributed by atoms with van der Waals surface area (Å²) < 4.78 is 5.10. The van der Waals surface area contributed by atoms with Gasteiger partial charge >= 0.3 is 0 Å². The summed E-state index contributed by atoms with van der Waals surface area (Å²) in [5.74, 6) is -0.0853. The first kappa shape index (κ1) is 16.5. The second-order valence-corrected chi connectivity index (χ2v) is 5.76. The number of methoxy groups -OCH3 is 1. The van der Waals surface area contributed by atoms with Gasteiger partial charge in [-0.05, 0) is 19.0 Å². The third-order valence-electron chi connectivity index (χ3n) is 3.54. The monoisotopic (exact) mass is 331 g/mol. The van der Waals surface area contributed by atoms with Crippen LogP contribution in [0.5, 0.6) is 0 Å². The molecule has 1 aliphatic heterocycles. The predicted octanol–water partition coefficient (Wildman–Crippen LogP) is 2.18. The molecule has 1 fully saturated rings. The molecule has 1 aromatic heterocycles. The van der Waals surface area contributed by atoms with Gasteiger partial charge in [0.2, 0.25) is 0 Å². The third-order valence-corrected chi connectivity index (χ3v) is 4.05. The van der Waals surface area contributed by atoms with Crippen LogP contribution in [0.25, 0.3) is 0 Å². The Morgan fingerprint density at radius 2 is 2.14 bits per heavy atom. The number of hydrogen-bond donors (Lipinski definition) is 0. The van der Waals surface area contributed by atoms with Crippen LogP contribution in [0, 0.1) is 0 Å². The highest BCUT2D eigenvalue weighted by Gasteiger charge is 2.22. The molecule has 0 radical (unpaired) electrons. The summed E-state index contributed by atoms with van der Waals surface area (Å²) in [5, 5.41) is 0.615. The lowest BCUT2D eigenvalue weighted by Crippen LogP contribution is -2.36. The molecule has 0 atom stereocenters. The van der Waals surface area contributed by atoms with Crippen LogP contribution < -0.4 is 0 Å². The first-order valence-corrected chi connectivity index (χ1v) is 7.69. The molecule has 2 heterocycles. The van der Waals surface area contributed by atoms with E-state index < -0.39 is 0 Å². The quantitative estimate of drug-likeness (QED) is 0.793. The minimum Gasteiger partial charge on any atom is -0.383 e. The van der Waals surface area contributed by atoms with Gasteiger partial charge in [-0.1, -0.05) is 23.2 Å². The predicted molar refractivity (Wildman–Crippen MR) is 83.1 cm³/mol. The number of carbonyl (C=O) groups excluding carboxylic acids is 1.